The van der Waals surface area contributed by atoms with Crippen molar-refractivity contribution in [3.63, 3.8) is 0 Å². The molecule has 1 aliphatic rings. The molecule has 2 aromatic rings. The molecule has 1 saturated heterocycles. The largest absolute Gasteiger partial charge is 0.341 e. The van der Waals surface area contributed by atoms with E-state index in [-0.39, 0.29) is 0 Å². The van der Waals surface area contributed by atoms with Crippen molar-refractivity contribution in [1.29, 1.82) is 0 Å². The Bertz CT molecular complexity index is 628. The first-order valence-electron chi connectivity index (χ1n) is 8.10. The molecule has 22 heavy (non-hydrogen) atoms. The van der Waals surface area contributed by atoms with E-state index < -0.39 is 0 Å². The van der Waals surface area contributed by atoms with Crippen LogP contribution in [0.2, 0.25) is 0 Å². The van der Waals surface area contributed by atoms with Crippen LogP contribution in [0.4, 0.5) is 5.95 Å². The maximum atomic E-state index is 5.82. The molecule has 0 unspecified atom stereocenters. The van der Waals surface area contributed by atoms with Crippen LogP contribution >= 0.6 is 0 Å². The smallest absolute Gasteiger partial charge is 0.226 e. The predicted molar refractivity (Wildman–Crippen MR) is 90.9 cm³/mol. The summed E-state index contributed by atoms with van der Waals surface area (Å²) in [5.74, 6) is 1.36. The molecule has 0 bridgehead atoms. The minimum atomic E-state index is 0.445. The van der Waals surface area contributed by atoms with Gasteiger partial charge in [-0.15, -0.1) is 0 Å². The van der Waals surface area contributed by atoms with Gasteiger partial charge in [-0.05, 0) is 30.4 Å². The van der Waals surface area contributed by atoms with Crippen molar-refractivity contribution < 1.29 is 0 Å². The second-order valence-electron chi connectivity index (χ2n) is 6.22. The highest BCUT2D eigenvalue weighted by atomic mass is 15.3. The summed E-state index contributed by atoms with van der Waals surface area (Å²) in [6.07, 6.45) is 2.43. The molecule has 1 fully saturated rings. The number of hydrogen-bond acceptors (Lipinski definition) is 4. The number of hydrogen-bond donors (Lipinski definition) is 1. The fourth-order valence-corrected chi connectivity index (χ4v) is 2.83. The Morgan fingerprint density at radius 2 is 1.77 bits per heavy atom. The quantitative estimate of drug-likeness (QED) is 0.940. The van der Waals surface area contributed by atoms with Crippen LogP contribution in [0.15, 0.2) is 30.3 Å². The van der Waals surface area contributed by atoms with Gasteiger partial charge < -0.3 is 10.6 Å². The molecule has 0 atom stereocenters. The van der Waals surface area contributed by atoms with Gasteiger partial charge in [0, 0.05) is 25.2 Å². The number of anilines is 1. The highest BCUT2D eigenvalue weighted by molar-refractivity contribution is 5.61. The first-order chi connectivity index (χ1) is 10.7. The Labute approximate surface area is 132 Å². The predicted octanol–water partition coefficient (Wildman–Crippen LogP) is 3.33. The van der Waals surface area contributed by atoms with Crippen molar-refractivity contribution in [1.82, 2.24) is 9.97 Å². The maximum Gasteiger partial charge on any atom is 0.226 e. The number of nitrogens with zero attached hydrogens (tertiary/aromatic N) is 3. The highest BCUT2D eigenvalue weighted by Gasteiger charge is 2.16. The van der Waals surface area contributed by atoms with Crippen molar-refractivity contribution in [2.24, 2.45) is 5.73 Å². The van der Waals surface area contributed by atoms with E-state index in [9.17, 15) is 0 Å². The van der Waals surface area contributed by atoms with Gasteiger partial charge >= 0.3 is 0 Å². The third-order valence-electron chi connectivity index (χ3n) is 4.24. The van der Waals surface area contributed by atoms with E-state index >= 15 is 0 Å². The fraction of sp³-hybridized carbons (Fsp3) is 0.444. The Kier molecular flexibility index (Phi) is 4.39. The number of aromatic nitrogens is 2. The van der Waals surface area contributed by atoms with Crippen LogP contribution in [0, 0.1) is 0 Å². The van der Waals surface area contributed by atoms with Crippen LogP contribution < -0.4 is 10.6 Å². The van der Waals surface area contributed by atoms with E-state index in [0.29, 0.717) is 12.5 Å². The van der Waals surface area contributed by atoms with Gasteiger partial charge in [0.05, 0.1) is 11.4 Å². The summed E-state index contributed by atoms with van der Waals surface area (Å²) in [4.78, 5) is 11.6. The molecular formula is C18H24N4. The minimum absolute atomic E-state index is 0.445. The zero-order chi connectivity index (χ0) is 15.5. The van der Waals surface area contributed by atoms with Crippen LogP contribution in [0.25, 0.3) is 11.3 Å². The zero-order valence-corrected chi connectivity index (χ0v) is 13.4. The number of rotatable bonds is 4. The van der Waals surface area contributed by atoms with Crippen molar-refractivity contribution in [3.8, 4) is 11.3 Å². The second kappa shape index (κ2) is 6.44. The molecule has 116 valence electrons. The average molecular weight is 296 g/mol. The van der Waals surface area contributed by atoms with Gasteiger partial charge in [0.15, 0.2) is 0 Å². The summed E-state index contributed by atoms with van der Waals surface area (Å²) < 4.78 is 0. The lowest BCUT2D eigenvalue weighted by Crippen LogP contribution is -2.21. The van der Waals surface area contributed by atoms with Gasteiger partial charge in [-0.3, -0.25) is 0 Å². The molecule has 4 nitrogen and oxygen atoms in total. The molecule has 0 radical (unpaired) electrons. The normalized spacial score (nSPS) is 14.8. The number of nitrogens with two attached hydrogens (primary N) is 1. The van der Waals surface area contributed by atoms with Crippen molar-refractivity contribution >= 4 is 5.95 Å². The van der Waals surface area contributed by atoms with Crippen molar-refractivity contribution in [2.45, 2.75) is 39.2 Å². The molecular weight excluding hydrogens is 272 g/mol. The first-order valence-corrected chi connectivity index (χ1v) is 8.10. The van der Waals surface area contributed by atoms with Gasteiger partial charge in [-0.2, -0.15) is 0 Å². The van der Waals surface area contributed by atoms with Crippen molar-refractivity contribution in [2.75, 3.05) is 18.0 Å². The molecule has 0 saturated carbocycles. The topological polar surface area (TPSA) is 55.0 Å². The Morgan fingerprint density at radius 1 is 1.09 bits per heavy atom. The Balaban J connectivity index is 1.96. The van der Waals surface area contributed by atoms with Crippen molar-refractivity contribution in [3.05, 3.63) is 41.6 Å². The van der Waals surface area contributed by atoms with E-state index in [4.69, 9.17) is 10.7 Å². The minimum Gasteiger partial charge on any atom is -0.341 e. The van der Waals surface area contributed by atoms with Crippen LogP contribution in [-0.4, -0.2) is 23.1 Å². The molecule has 0 amide bonds. The summed E-state index contributed by atoms with van der Waals surface area (Å²) in [6.45, 7) is 6.94. The lowest BCUT2D eigenvalue weighted by Gasteiger charge is -2.17. The van der Waals surface area contributed by atoms with Gasteiger partial charge in [0.25, 0.3) is 0 Å². The molecule has 3 rings (SSSR count). The highest BCUT2D eigenvalue weighted by Crippen LogP contribution is 2.24. The molecule has 0 aliphatic carbocycles. The fourth-order valence-electron chi connectivity index (χ4n) is 2.83. The lowest BCUT2D eigenvalue weighted by molar-refractivity contribution is 0.865. The monoisotopic (exact) mass is 296 g/mol. The van der Waals surface area contributed by atoms with Gasteiger partial charge in [0.2, 0.25) is 5.95 Å². The van der Waals surface area contributed by atoms with Crippen LogP contribution in [0.3, 0.4) is 0 Å². The summed E-state index contributed by atoms with van der Waals surface area (Å²) in [7, 11) is 0. The van der Waals surface area contributed by atoms with E-state index in [2.05, 4.69) is 48.0 Å². The van der Waals surface area contributed by atoms with Gasteiger partial charge in [0.1, 0.15) is 0 Å². The van der Waals surface area contributed by atoms with E-state index in [1.807, 2.05) is 6.07 Å². The molecule has 2 heterocycles. The van der Waals surface area contributed by atoms with Gasteiger partial charge in [-0.25, -0.2) is 9.97 Å². The van der Waals surface area contributed by atoms with E-state index in [1.54, 1.807) is 0 Å². The van der Waals surface area contributed by atoms with Crippen LogP contribution in [-0.2, 0) is 6.54 Å². The first kappa shape index (κ1) is 15.0. The summed E-state index contributed by atoms with van der Waals surface area (Å²) in [5, 5.41) is 0. The SMILES string of the molecule is CC(C)c1ccc(-c2cc(CN)nc(N3CCCC3)n2)cc1. The molecule has 1 aromatic carbocycles. The second-order valence-corrected chi connectivity index (χ2v) is 6.22. The molecule has 1 aliphatic heterocycles. The summed E-state index contributed by atoms with van der Waals surface area (Å²) in [5.41, 5.74) is 10.2. The Hall–Kier alpha value is -1.94. The Morgan fingerprint density at radius 3 is 2.36 bits per heavy atom. The summed E-state index contributed by atoms with van der Waals surface area (Å²) >= 11 is 0. The lowest BCUT2D eigenvalue weighted by atomic mass is 10.0. The third-order valence-corrected chi connectivity index (χ3v) is 4.24. The standard InChI is InChI=1S/C18H24N4/c1-13(2)14-5-7-15(8-6-14)17-11-16(12-19)20-18(21-17)22-9-3-4-10-22/h5-8,11,13H,3-4,9-10,12,19H2,1-2H3. The van der Waals surface area contributed by atoms with Crippen LogP contribution in [0.5, 0.6) is 0 Å². The molecule has 2 N–H and O–H groups in total. The van der Waals surface area contributed by atoms with Crippen LogP contribution in [0.1, 0.15) is 43.9 Å². The third kappa shape index (κ3) is 3.12. The summed E-state index contributed by atoms with van der Waals surface area (Å²) in [6, 6.07) is 10.7. The number of benzene rings is 1. The maximum absolute atomic E-state index is 5.82. The van der Waals surface area contributed by atoms with E-state index in [1.165, 1.54) is 18.4 Å². The van der Waals surface area contributed by atoms with Gasteiger partial charge in [-0.1, -0.05) is 38.1 Å². The van der Waals surface area contributed by atoms with E-state index in [0.717, 1.165) is 36.0 Å². The molecule has 4 heteroatoms. The molecule has 1 aromatic heterocycles. The average Bonchev–Trinajstić information content (AvgIpc) is 3.09. The zero-order valence-electron chi connectivity index (χ0n) is 13.4. The molecule has 0 spiro atoms.